The Bertz CT molecular complexity index is 1340. The fourth-order valence-electron chi connectivity index (χ4n) is 5.77. The fourth-order valence-corrected chi connectivity index (χ4v) is 7.96. The van der Waals surface area contributed by atoms with Gasteiger partial charge in [-0.25, -0.2) is 4.79 Å². The number of β-lactam (4-membered cyclic amide) rings is 1. The highest BCUT2D eigenvalue weighted by molar-refractivity contribution is 8.02. The van der Waals surface area contributed by atoms with Gasteiger partial charge in [0.25, 0.3) is 0 Å². The number of azide groups is 1. The van der Waals surface area contributed by atoms with Crippen molar-refractivity contribution in [3.05, 3.63) is 106 Å². The van der Waals surface area contributed by atoms with E-state index >= 15 is 0 Å². The first-order chi connectivity index (χ1) is 16.6. The summed E-state index contributed by atoms with van der Waals surface area (Å²) in [5, 5.41) is 3.92. The van der Waals surface area contributed by atoms with Gasteiger partial charge in [0.2, 0.25) is 5.91 Å². The second-order valence-corrected chi connectivity index (χ2v) is 9.93. The topological polar surface area (TPSA) is 95.4 Å². The van der Waals surface area contributed by atoms with Crippen LogP contribution in [0.1, 0.15) is 23.6 Å². The van der Waals surface area contributed by atoms with Crippen LogP contribution in [0.3, 0.4) is 0 Å². The first kappa shape index (κ1) is 20.8. The van der Waals surface area contributed by atoms with Gasteiger partial charge in [0.15, 0.2) is 12.1 Å². The Morgan fingerprint density at radius 1 is 1.03 bits per heavy atom. The highest BCUT2D eigenvalue weighted by Gasteiger charge is 2.77. The van der Waals surface area contributed by atoms with Crippen molar-refractivity contribution in [2.45, 2.75) is 28.6 Å². The number of benzene rings is 3. The third-order valence-corrected chi connectivity index (χ3v) is 8.92. The van der Waals surface area contributed by atoms with Gasteiger partial charge >= 0.3 is 5.97 Å². The Morgan fingerprint density at radius 2 is 1.62 bits per heavy atom. The first-order valence-electron chi connectivity index (χ1n) is 11.1. The van der Waals surface area contributed by atoms with Gasteiger partial charge in [0, 0.05) is 4.91 Å². The van der Waals surface area contributed by atoms with E-state index in [0.29, 0.717) is 0 Å². The Hall–Kier alpha value is -3.74. The zero-order chi connectivity index (χ0) is 23.5. The van der Waals surface area contributed by atoms with E-state index in [0.717, 1.165) is 27.8 Å². The summed E-state index contributed by atoms with van der Waals surface area (Å²) in [5.41, 5.74) is 14.1. The van der Waals surface area contributed by atoms with Crippen LogP contribution >= 0.6 is 11.8 Å². The van der Waals surface area contributed by atoms with E-state index in [1.165, 1.54) is 11.8 Å². The Kier molecular flexibility index (Phi) is 4.52. The van der Waals surface area contributed by atoms with Crippen LogP contribution in [-0.4, -0.2) is 35.5 Å². The molecule has 2 aliphatic heterocycles. The highest BCUT2D eigenvalue weighted by atomic mass is 32.2. The zero-order valence-corrected chi connectivity index (χ0v) is 19.1. The predicted molar refractivity (Wildman–Crippen MR) is 129 cm³/mol. The van der Waals surface area contributed by atoms with Gasteiger partial charge in [-0.2, -0.15) is 0 Å². The molecule has 0 bridgehead atoms. The average Bonchev–Trinajstić information content (AvgIpc) is 3.33. The molecule has 0 aromatic heterocycles. The van der Waals surface area contributed by atoms with Crippen LogP contribution in [0.4, 0.5) is 0 Å². The molecular formula is C26H20N4O3S. The molecule has 3 aromatic carbocycles. The number of nitrogens with zero attached hydrogens (tertiary/aromatic N) is 4. The van der Waals surface area contributed by atoms with E-state index in [2.05, 4.69) is 10.0 Å². The Balaban J connectivity index is 1.69. The number of amides is 1. The molecule has 0 unspecified atom stereocenters. The van der Waals surface area contributed by atoms with Crippen molar-refractivity contribution >= 4 is 23.6 Å². The molecule has 0 saturated carbocycles. The van der Waals surface area contributed by atoms with E-state index in [4.69, 9.17) is 4.74 Å². The molecule has 168 valence electrons. The van der Waals surface area contributed by atoms with Crippen LogP contribution in [-0.2, 0) is 23.9 Å². The molecule has 0 radical (unpaired) electrons. The van der Waals surface area contributed by atoms with Gasteiger partial charge in [-0.1, -0.05) is 84.0 Å². The number of fused-ring (bicyclic) bond motifs is 6. The van der Waals surface area contributed by atoms with E-state index in [9.17, 15) is 15.1 Å². The van der Waals surface area contributed by atoms with Crippen LogP contribution in [0, 0.1) is 0 Å². The summed E-state index contributed by atoms with van der Waals surface area (Å²) in [5.74, 6) is -0.835. The van der Waals surface area contributed by atoms with Crippen molar-refractivity contribution in [1.82, 2.24) is 4.90 Å². The van der Waals surface area contributed by atoms with Crippen molar-refractivity contribution in [3.63, 3.8) is 0 Å². The molecule has 3 aromatic rings. The number of rotatable bonds is 4. The van der Waals surface area contributed by atoms with Gasteiger partial charge in [-0.15, -0.1) is 11.8 Å². The summed E-state index contributed by atoms with van der Waals surface area (Å²) < 4.78 is 4.66. The monoisotopic (exact) mass is 468 g/mol. The normalized spacial score (nSPS) is 25.1. The summed E-state index contributed by atoms with van der Waals surface area (Å²) in [6.07, 6.45) is 0. The molecular weight excluding hydrogens is 448 g/mol. The molecule has 8 heteroatoms. The minimum atomic E-state index is -1.04. The smallest absolute Gasteiger partial charge is 0.331 e. The molecule has 1 spiro atoms. The van der Waals surface area contributed by atoms with Gasteiger partial charge in [0.05, 0.1) is 6.61 Å². The second kappa shape index (κ2) is 7.38. The summed E-state index contributed by atoms with van der Waals surface area (Å²) >= 11 is 1.51. The van der Waals surface area contributed by atoms with Crippen LogP contribution in [0.5, 0.6) is 0 Å². The molecule has 7 nitrogen and oxygen atoms in total. The lowest BCUT2D eigenvalue weighted by molar-refractivity contribution is -0.169. The third-order valence-electron chi connectivity index (χ3n) is 6.97. The SMILES string of the molecule is CCOC(=O)[C@@H]1N2C(=O)[C@@H](N=[N+]=[N-])[C@@]2(c2ccccc2)SC12c1ccccc1-c1ccccc12. The summed E-state index contributed by atoms with van der Waals surface area (Å²) in [7, 11) is 0. The Labute approximate surface area is 200 Å². The fraction of sp³-hybridized carbons (Fsp3) is 0.231. The molecule has 3 aliphatic rings. The van der Waals surface area contributed by atoms with Crippen molar-refractivity contribution in [3.8, 4) is 11.1 Å². The number of carbonyl (C=O) groups is 2. The molecule has 1 amide bonds. The molecule has 2 saturated heterocycles. The number of carbonyl (C=O) groups excluding carboxylic acids is 2. The van der Waals surface area contributed by atoms with Crippen LogP contribution < -0.4 is 0 Å². The molecule has 0 N–H and O–H groups in total. The quantitative estimate of drug-likeness (QED) is 0.178. The van der Waals surface area contributed by atoms with Crippen LogP contribution in [0.15, 0.2) is 84.0 Å². The third kappa shape index (κ3) is 2.36. The number of thioether (sulfide) groups is 1. The van der Waals surface area contributed by atoms with Gasteiger partial charge in [0.1, 0.15) is 9.62 Å². The molecule has 3 atom stereocenters. The molecule has 1 aliphatic carbocycles. The lowest BCUT2D eigenvalue weighted by atomic mass is 9.81. The maximum Gasteiger partial charge on any atom is 0.331 e. The highest BCUT2D eigenvalue weighted by Crippen LogP contribution is 2.73. The lowest BCUT2D eigenvalue weighted by Crippen LogP contribution is -2.70. The van der Waals surface area contributed by atoms with E-state index in [-0.39, 0.29) is 12.5 Å². The molecule has 2 heterocycles. The number of hydrogen-bond donors (Lipinski definition) is 0. The molecule has 34 heavy (non-hydrogen) atoms. The Morgan fingerprint density at radius 3 is 2.21 bits per heavy atom. The summed E-state index contributed by atoms with van der Waals surface area (Å²) in [6, 6.07) is 23.6. The minimum absolute atomic E-state index is 0.194. The largest absolute Gasteiger partial charge is 0.464 e. The number of ether oxygens (including phenoxy) is 1. The summed E-state index contributed by atoms with van der Waals surface area (Å²) in [6.45, 7) is 1.95. The van der Waals surface area contributed by atoms with Crippen LogP contribution in [0.25, 0.3) is 21.6 Å². The maximum atomic E-state index is 13.7. The van der Waals surface area contributed by atoms with Gasteiger partial charge < -0.3 is 9.64 Å². The number of esters is 1. The second-order valence-electron chi connectivity index (χ2n) is 8.46. The lowest BCUT2D eigenvalue weighted by Gasteiger charge is -2.52. The van der Waals surface area contributed by atoms with E-state index in [1.807, 2.05) is 78.9 Å². The first-order valence-corrected chi connectivity index (χ1v) is 11.9. The van der Waals surface area contributed by atoms with E-state index < -0.39 is 27.7 Å². The van der Waals surface area contributed by atoms with Gasteiger partial charge in [-0.3, -0.25) is 4.79 Å². The van der Waals surface area contributed by atoms with Crippen molar-refractivity contribution in [1.29, 1.82) is 0 Å². The standard InChI is InChI=1S/C26H20N4O3S/c1-2-33-24(32)22-25(19-14-8-6-12-17(19)18-13-7-9-15-20(18)25)34-26(16-10-4-3-5-11-16)21(28-29-27)23(31)30(22)26/h3-15,21-22H,2H2,1H3/t21-,22+,26-/m1/s1. The average molecular weight is 469 g/mol. The van der Waals surface area contributed by atoms with Gasteiger partial charge in [-0.05, 0) is 40.3 Å². The minimum Gasteiger partial charge on any atom is -0.464 e. The maximum absolute atomic E-state index is 13.7. The van der Waals surface area contributed by atoms with E-state index in [1.54, 1.807) is 11.8 Å². The van der Waals surface area contributed by atoms with Crippen LogP contribution in [0.2, 0.25) is 0 Å². The van der Waals surface area contributed by atoms with Crippen molar-refractivity contribution in [2.75, 3.05) is 6.61 Å². The summed E-state index contributed by atoms with van der Waals surface area (Å²) in [4.78, 5) is 30.8. The van der Waals surface area contributed by atoms with Crippen molar-refractivity contribution < 1.29 is 14.3 Å². The van der Waals surface area contributed by atoms with Crippen molar-refractivity contribution in [2.24, 2.45) is 5.11 Å². The molecule has 6 rings (SSSR count). The zero-order valence-electron chi connectivity index (χ0n) is 18.3. The molecule has 2 fully saturated rings. The predicted octanol–water partition coefficient (Wildman–Crippen LogP) is 4.96. The number of hydrogen-bond acceptors (Lipinski definition) is 5.